The Hall–Kier alpha value is -3.77. The van der Waals surface area contributed by atoms with Gasteiger partial charge in [-0.25, -0.2) is 9.46 Å². The van der Waals surface area contributed by atoms with Gasteiger partial charge in [0, 0.05) is 12.6 Å². The van der Waals surface area contributed by atoms with Crippen LogP contribution in [-0.4, -0.2) is 45.4 Å². The fourth-order valence-electron chi connectivity index (χ4n) is 3.06. The first-order valence-corrected chi connectivity index (χ1v) is 9.18. The number of aromatic carboxylic acids is 1. The van der Waals surface area contributed by atoms with Crippen LogP contribution in [0.2, 0.25) is 0 Å². The highest BCUT2D eigenvalue weighted by molar-refractivity contribution is 6.53. The summed E-state index contributed by atoms with van der Waals surface area (Å²) in [6, 6.07) is 8.89. The van der Waals surface area contributed by atoms with E-state index in [4.69, 9.17) is 5.11 Å². The maximum atomic E-state index is 12.4. The third-order valence-electron chi connectivity index (χ3n) is 4.56. The number of hydrogen-bond acceptors (Lipinski definition) is 5. The lowest BCUT2D eigenvalue weighted by Gasteiger charge is -2.23. The highest BCUT2D eigenvalue weighted by Gasteiger charge is 2.43. The number of hydrogen-bond donors (Lipinski definition) is 4. The molecular weight excluding hydrogens is 374 g/mol. The van der Waals surface area contributed by atoms with Crippen LogP contribution in [-0.2, 0) is 4.79 Å². The van der Waals surface area contributed by atoms with Gasteiger partial charge in [0.05, 0.1) is 5.56 Å². The van der Waals surface area contributed by atoms with Gasteiger partial charge < -0.3 is 20.6 Å². The summed E-state index contributed by atoms with van der Waals surface area (Å²) in [7, 11) is 0. The second-order valence-electron chi connectivity index (χ2n) is 6.89. The molecule has 3 rings (SSSR count). The Kier molecular flexibility index (Phi) is 5.30. The molecule has 2 aromatic carbocycles. The van der Waals surface area contributed by atoms with Crippen LogP contribution in [0.5, 0.6) is 11.5 Å². The molecular formula is C21H22N3O5+. The molecule has 1 amide bonds. The lowest BCUT2D eigenvalue weighted by atomic mass is 9.97. The minimum atomic E-state index is -1.06. The highest BCUT2D eigenvalue weighted by Crippen LogP contribution is 2.34. The van der Waals surface area contributed by atoms with E-state index in [1.54, 1.807) is 30.0 Å². The van der Waals surface area contributed by atoms with E-state index in [2.05, 4.69) is 9.98 Å². The van der Waals surface area contributed by atoms with Gasteiger partial charge in [0.2, 0.25) is 0 Å². The third kappa shape index (κ3) is 3.66. The van der Waals surface area contributed by atoms with Crippen LogP contribution in [0.4, 0.5) is 5.69 Å². The lowest BCUT2D eigenvalue weighted by molar-refractivity contribution is -0.114. The lowest BCUT2D eigenvalue weighted by Crippen LogP contribution is -2.56. The van der Waals surface area contributed by atoms with Gasteiger partial charge in [0.15, 0.2) is 0 Å². The van der Waals surface area contributed by atoms with Gasteiger partial charge in [-0.05, 0) is 48.7 Å². The minimum absolute atomic E-state index is 0.00478. The van der Waals surface area contributed by atoms with Crippen LogP contribution >= 0.6 is 0 Å². The number of anilines is 1. The number of carboxylic acid groups (broad SMARTS) is 1. The summed E-state index contributed by atoms with van der Waals surface area (Å²) in [5.74, 6) is -1.18. The molecule has 0 atom stereocenters. The maximum Gasteiger partial charge on any atom is 0.390 e. The normalized spacial score (nSPS) is 12.9. The molecule has 0 fully saturated rings. The number of nitrogens with one attached hydrogen (secondary N) is 1. The predicted octanol–water partition coefficient (Wildman–Crippen LogP) is 1.79. The number of phenolic OH excluding ortho intramolecular Hbond substituents is 2. The van der Waals surface area contributed by atoms with Crippen LogP contribution in [0.15, 0.2) is 36.4 Å². The summed E-state index contributed by atoms with van der Waals surface area (Å²) >= 11 is 0. The van der Waals surface area contributed by atoms with Crippen molar-refractivity contribution in [3.05, 3.63) is 53.1 Å². The molecule has 150 valence electrons. The second-order valence-corrected chi connectivity index (χ2v) is 6.89. The van der Waals surface area contributed by atoms with E-state index < -0.39 is 5.97 Å². The number of benzene rings is 2. The zero-order valence-electron chi connectivity index (χ0n) is 16.3. The molecule has 0 saturated carbocycles. The first kappa shape index (κ1) is 20.0. The molecule has 0 bridgehead atoms. The monoisotopic (exact) mass is 396 g/mol. The van der Waals surface area contributed by atoms with Crippen molar-refractivity contribution in [2.24, 2.45) is 0 Å². The fourth-order valence-corrected chi connectivity index (χ4v) is 3.06. The topological polar surface area (TPSA) is 124 Å². The summed E-state index contributed by atoms with van der Waals surface area (Å²) in [4.78, 5) is 25.1. The number of aromatic hydroxyl groups is 2. The number of carbonyl (C=O) groups excluding carboxylic acids is 1. The number of nitrogens with zero attached hydrogens (tertiary/aromatic N) is 2. The fraction of sp³-hybridized carbons (Fsp3) is 0.238. The van der Waals surface area contributed by atoms with Crippen LogP contribution in [0, 0.1) is 0 Å². The van der Waals surface area contributed by atoms with E-state index in [-0.39, 0.29) is 34.7 Å². The van der Waals surface area contributed by atoms with E-state index in [1.165, 1.54) is 18.2 Å². The van der Waals surface area contributed by atoms with Crippen LogP contribution in [0.25, 0.3) is 0 Å². The summed E-state index contributed by atoms with van der Waals surface area (Å²) < 4.78 is 4.31. The average Bonchev–Trinajstić information content (AvgIpc) is 2.63. The zero-order chi connectivity index (χ0) is 21.3. The quantitative estimate of drug-likeness (QED) is 0.552. The first-order valence-electron chi connectivity index (χ1n) is 9.18. The van der Waals surface area contributed by atoms with Gasteiger partial charge >= 0.3 is 23.5 Å². The molecule has 29 heavy (non-hydrogen) atoms. The zero-order valence-corrected chi connectivity index (χ0v) is 16.3. The van der Waals surface area contributed by atoms with E-state index in [9.17, 15) is 19.8 Å². The van der Waals surface area contributed by atoms with Crippen molar-refractivity contribution < 1.29 is 24.9 Å². The number of likely N-dealkylation sites (N-methyl/N-ethyl adjacent to an activating group) is 1. The van der Waals surface area contributed by atoms with Gasteiger partial charge in [-0.1, -0.05) is 13.8 Å². The third-order valence-corrected chi connectivity index (χ3v) is 4.56. The molecule has 8 nitrogen and oxygen atoms in total. The van der Waals surface area contributed by atoms with Gasteiger partial charge in [-0.2, -0.15) is 4.90 Å². The summed E-state index contributed by atoms with van der Waals surface area (Å²) in [6.45, 7) is 6.02. The first-order chi connectivity index (χ1) is 13.7. The number of carbonyl (C=O) groups is 2. The van der Waals surface area contributed by atoms with Crippen molar-refractivity contribution in [2.45, 2.75) is 26.7 Å². The molecule has 1 aliphatic heterocycles. The maximum absolute atomic E-state index is 12.4. The van der Waals surface area contributed by atoms with E-state index >= 15 is 0 Å². The van der Waals surface area contributed by atoms with E-state index in [0.717, 1.165) is 0 Å². The number of amidine groups is 2. The van der Waals surface area contributed by atoms with Crippen molar-refractivity contribution in [3.63, 3.8) is 0 Å². The number of carboxylic acids is 1. The molecule has 1 aliphatic rings. The van der Waals surface area contributed by atoms with E-state index in [0.29, 0.717) is 29.2 Å². The van der Waals surface area contributed by atoms with Crippen LogP contribution < -0.4 is 14.9 Å². The van der Waals surface area contributed by atoms with Gasteiger partial charge in [-0.3, -0.25) is 4.79 Å². The largest absolute Gasteiger partial charge is 0.508 e. The molecule has 2 aromatic rings. The summed E-state index contributed by atoms with van der Waals surface area (Å²) in [5, 5.41) is 32.3. The number of amides is 1. The highest BCUT2D eigenvalue weighted by atomic mass is 16.4. The molecule has 0 aliphatic carbocycles. The smallest absolute Gasteiger partial charge is 0.390 e. The summed E-state index contributed by atoms with van der Waals surface area (Å²) in [6.07, 6.45) is 0. The van der Waals surface area contributed by atoms with Crippen molar-refractivity contribution in [1.29, 1.82) is 0 Å². The van der Waals surface area contributed by atoms with Crippen molar-refractivity contribution in [2.75, 3.05) is 11.4 Å². The van der Waals surface area contributed by atoms with Crippen LogP contribution in [0.3, 0.4) is 0 Å². The van der Waals surface area contributed by atoms with Crippen molar-refractivity contribution in [1.82, 2.24) is 9.98 Å². The SMILES string of the molecule is CCNC(=O)C1=[N+]=C(c2cc(C(C)C)c(O)cc2O)N1c1ccc(C(=O)O)cc1. The van der Waals surface area contributed by atoms with E-state index in [1.807, 2.05) is 13.8 Å². The molecule has 0 spiro atoms. The molecule has 0 radical (unpaired) electrons. The molecule has 1 heterocycles. The Morgan fingerprint density at radius 2 is 1.76 bits per heavy atom. The van der Waals surface area contributed by atoms with Gasteiger partial charge in [0.25, 0.3) is 0 Å². The Balaban J connectivity index is 2.12. The molecule has 0 unspecified atom stereocenters. The number of phenols is 2. The Morgan fingerprint density at radius 3 is 2.31 bits per heavy atom. The molecule has 0 aromatic heterocycles. The Morgan fingerprint density at radius 1 is 1.10 bits per heavy atom. The number of rotatable bonds is 6. The van der Waals surface area contributed by atoms with Gasteiger partial charge in [0.1, 0.15) is 22.7 Å². The summed E-state index contributed by atoms with van der Waals surface area (Å²) in [5.41, 5.74) is 1.64. The molecule has 8 heteroatoms. The Bertz CT molecular complexity index is 1050. The molecule has 4 N–H and O–H groups in total. The Labute approximate surface area is 167 Å². The predicted molar refractivity (Wildman–Crippen MR) is 110 cm³/mol. The minimum Gasteiger partial charge on any atom is -0.508 e. The second kappa shape index (κ2) is 7.69. The standard InChI is InChI=1S/C21H21N3O5/c1-4-22-20(27)19-23-18(15-9-14(11(2)3)16(25)10-17(15)26)24(19)13-7-5-12(6-8-13)21(28)29/h5-11H,4H2,1-3H3,(H3,22,25,26,27,28,29)/p+1. The molecule has 0 saturated heterocycles. The van der Waals surface area contributed by atoms with Gasteiger partial charge in [-0.15, -0.1) is 0 Å². The van der Waals surface area contributed by atoms with Crippen molar-refractivity contribution in [3.8, 4) is 11.5 Å². The van der Waals surface area contributed by atoms with Crippen molar-refractivity contribution >= 4 is 29.2 Å². The average molecular weight is 396 g/mol. The van der Waals surface area contributed by atoms with Crippen LogP contribution in [0.1, 0.15) is 48.2 Å².